The summed E-state index contributed by atoms with van der Waals surface area (Å²) in [6.45, 7) is 12.5. The summed E-state index contributed by atoms with van der Waals surface area (Å²) in [4.78, 5) is 52.4. The van der Waals surface area contributed by atoms with Crippen LogP contribution in [0, 0.1) is 12.8 Å². The Morgan fingerprint density at radius 2 is 1.72 bits per heavy atom. The molecule has 11 nitrogen and oxygen atoms in total. The van der Waals surface area contributed by atoms with Crippen LogP contribution in [0.3, 0.4) is 0 Å². The van der Waals surface area contributed by atoms with Crippen molar-refractivity contribution < 1.29 is 29.0 Å². The van der Waals surface area contributed by atoms with Gasteiger partial charge in [-0.2, -0.15) is 0 Å². The second-order valence-corrected chi connectivity index (χ2v) is 17.2. The highest BCUT2D eigenvalue weighted by Crippen LogP contribution is 2.36. The number of piperidine rings is 1. The number of rotatable bonds is 12. The zero-order valence-electron chi connectivity index (χ0n) is 33.3. The molecule has 0 radical (unpaired) electrons. The minimum absolute atomic E-state index is 0.0306. The van der Waals surface area contributed by atoms with Gasteiger partial charge in [0.1, 0.15) is 17.2 Å². The molecule has 1 amide bonds. The van der Waals surface area contributed by atoms with E-state index in [-0.39, 0.29) is 24.2 Å². The molecule has 4 heterocycles. The van der Waals surface area contributed by atoms with E-state index in [2.05, 4.69) is 28.2 Å². The second kappa shape index (κ2) is 17.0. The fraction of sp³-hybridized carbons (Fsp3) is 0.400. The van der Waals surface area contributed by atoms with E-state index in [4.69, 9.17) is 19.6 Å². The average Bonchev–Trinajstić information content (AvgIpc) is 3.59. The van der Waals surface area contributed by atoms with E-state index in [1.54, 1.807) is 0 Å². The summed E-state index contributed by atoms with van der Waals surface area (Å²) in [5.74, 6) is 0.428. The molecule has 2 aromatic heterocycles. The van der Waals surface area contributed by atoms with Crippen LogP contribution < -0.4 is 15.0 Å². The quantitative estimate of drug-likeness (QED) is 0.118. The molecular formula is C45H51N5O6S. The molecule has 3 aromatic carbocycles. The van der Waals surface area contributed by atoms with Gasteiger partial charge in [0.2, 0.25) is 0 Å². The van der Waals surface area contributed by atoms with Gasteiger partial charge in [0.15, 0.2) is 10.8 Å². The summed E-state index contributed by atoms with van der Waals surface area (Å²) >= 11 is 1.45. The molecule has 1 fully saturated rings. The molecule has 2 aliphatic heterocycles. The molecule has 0 spiro atoms. The Bertz CT molecular complexity index is 2240. The molecule has 1 atom stereocenters. The van der Waals surface area contributed by atoms with Gasteiger partial charge in [-0.05, 0) is 144 Å². The number of carboxylic acid groups (broad SMARTS) is 1. The maximum atomic E-state index is 13.9. The Morgan fingerprint density at radius 3 is 2.47 bits per heavy atom. The van der Waals surface area contributed by atoms with Crippen LogP contribution in [0.15, 0.2) is 72.8 Å². The van der Waals surface area contributed by atoms with Gasteiger partial charge in [-0.3, -0.25) is 19.8 Å². The van der Waals surface area contributed by atoms with Gasteiger partial charge in [0, 0.05) is 24.2 Å². The highest BCUT2D eigenvalue weighted by Gasteiger charge is 2.28. The maximum Gasteiger partial charge on any atom is 0.358 e. The summed E-state index contributed by atoms with van der Waals surface area (Å²) in [6.07, 6.45) is 4.58. The van der Waals surface area contributed by atoms with E-state index in [1.807, 2.05) is 99.3 Å². The lowest BCUT2D eigenvalue weighted by Crippen LogP contribution is -2.37. The van der Waals surface area contributed by atoms with Crippen molar-refractivity contribution in [2.45, 2.75) is 85.0 Å². The number of ether oxygens (including phenoxy) is 2. The number of nitrogens with zero attached hydrogens (tertiary/aromatic N) is 4. The molecule has 1 saturated heterocycles. The minimum Gasteiger partial charge on any atom is -0.490 e. The summed E-state index contributed by atoms with van der Waals surface area (Å²) < 4.78 is 13.4. The van der Waals surface area contributed by atoms with Crippen molar-refractivity contribution in [3.8, 4) is 16.9 Å². The fourth-order valence-electron chi connectivity index (χ4n) is 7.81. The van der Waals surface area contributed by atoms with E-state index >= 15 is 0 Å². The summed E-state index contributed by atoms with van der Waals surface area (Å²) in [6, 6.07) is 23.4. The molecule has 57 heavy (non-hydrogen) atoms. The number of aromatic nitrogens is 2. The number of para-hydroxylation sites is 1. The summed E-state index contributed by atoms with van der Waals surface area (Å²) in [7, 11) is 0. The number of benzene rings is 3. The van der Waals surface area contributed by atoms with Gasteiger partial charge in [-0.1, -0.05) is 47.7 Å². The number of hydrogen-bond acceptors (Lipinski definition) is 10. The van der Waals surface area contributed by atoms with E-state index in [9.17, 15) is 14.4 Å². The smallest absolute Gasteiger partial charge is 0.358 e. The first kappa shape index (κ1) is 39.9. The van der Waals surface area contributed by atoms with E-state index in [1.165, 1.54) is 11.3 Å². The van der Waals surface area contributed by atoms with Crippen molar-refractivity contribution in [3.05, 3.63) is 101 Å². The maximum absolute atomic E-state index is 13.9. The van der Waals surface area contributed by atoms with Crippen LogP contribution in [0.4, 0.5) is 10.9 Å². The number of aliphatic carboxylic acids is 1. The molecule has 7 rings (SSSR count). The Hall–Kier alpha value is -5.33. The molecule has 12 heteroatoms. The van der Waals surface area contributed by atoms with Crippen LogP contribution in [0.1, 0.15) is 90.9 Å². The lowest BCUT2D eigenvalue weighted by atomic mass is 9.91. The first-order valence-corrected chi connectivity index (χ1v) is 20.6. The standard InChI is InChI=1S/C45H51N5O6S/c1-28(16-17-30-20-23-49(24-21-30)27-40(51)52)55-37-14-9-11-32(29(37)2)33-18-19-39(47-41(33)43(54)56-45(3,4)5)50-25-22-31-10-8-12-34(35(31)26-50)42(53)48-44-46-36-13-6-7-15-38(36)57-44/h6-15,18-19,28,30H,16-17,20-27H2,1-5H3,(H,51,52)(H,46,48,53)/t28-/m1/s1. The third kappa shape index (κ3) is 9.62. The third-order valence-corrected chi connectivity index (χ3v) is 11.7. The fourth-order valence-corrected chi connectivity index (χ4v) is 8.67. The van der Waals surface area contributed by atoms with E-state index in [0.29, 0.717) is 47.5 Å². The molecule has 2 aliphatic rings. The van der Waals surface area contributed by atoms with E-state index in [0.717, 1.165) is 77.0 Å². The number of likely N-dealkylation sites (tertiary alicyclic amines) is 1. The SMILES string of the molecule is Cc1c(O[C@H](C)CCC2CCN(CC(=O)O)CC2)cccc1-c1ccc(N2CCc3cccc(C(=O)Nc4nc5ccccc5s4)c3C2)nc1C(=O)OC(C)(C)C. The highest BCUT2D eigenvalue weighted by atomic mass is 32.1. The Balaban J connectivity index is 1.10. The number of thiazole rings is 1. The number of esters is 1. The lowest BCUT2D eigenvalue weighted by molar-refractivity contribution is -0.138. The predicted octanol–water partition coefficient (Wildman–Crippen LogP) is 8.78. The van der Waals surface area contributed by atoms with Crippen molar-refractivity contribution in [1.82, 2.24) is 14.9 Å². The Labute approximate surface area is 338 Å². The van der Waals surface area contributed by atoms with Crippen LogP contribution in [0.5, 0.6) is 5.75 Å². The predicted molar refractivity (Wildman–Crippen MR) is 224 cm³/mol. The first-order chi connectivity index (χ1) is 27.3. The van der Waals surface area contributed by atoms with Crippen molar-refractivity contribution in [1.29, 1.82) is 0 Å². The number of nitrogens with one attached hydrogen (secondary N) is 1. The highest BCUT2D eigenvalue weighted by molar-refractivity contribution is 7.22. The van der Waals surface area contributed by atoms with Crippen LogP contribution in [0.2, 0.25) is 0 Å². The largest absolute Gasteiger partial charge is 0.490 e. The van der Waals surface area contributed by atoms with Crippen molar-refractivity contribution in [2.24, 2.45) is 5.92 Å². The number of hydrogen-bond donors (Lipinski definition) is 2. The van der Waals surface area contributed by atoms with Crippen LogP contribution in [-0.2, 0) is 22.5 Å². The number of anilines is 2. The summed E-state index contributed by atoms with van der Waals surface area (Å²) in [5.41, 5.74) is 5.35. The van der Waals surface area contributed by atoms with Crippen molar-refractivity contribution in [2.75, 3.05) is 36.4 Å². The minimum atomic E-state index is -0.773. The van der Waals surface area contributed by atoms with Crippen molar-refractivity contribution >= 4 is 50.3 Å². The van der Waals surface area contributed by atoms with Crippen LogP contribution in [-0.4, -0.2) is 75.7 Å². The van der Waals surface area contributed by atoms with Crippen LogP contribution in [0.25, 0.3) is 21.3 Å². The van der Waals surface area contributed by atoms with Gasteiger partial charge in [0.05, 0.1) is 22.9 Å². The van der Waals surface area contributed by atoms with Crippen LogP contribution >= 0.6 is 11.3 Å². The Morgan fingerprint density at radius 1 is 0.947 bits per heavy atom. The van der Waals surface area contributed by atoms with E-state index < -0.39 is 17.5 Å². The first-order valence-electron chi connectivity index (χ1n) is 19.8. The molecule has 0 aliphatic carbocycles. The average molecular weight is 790 g/mol. The number of amides is 1. The number of pyridine rings is 1. The molecule has 0 bridgehead atoms. The Kier molecular flexibility index (Phi) is 11.9. The molecule has 0 unspecified atom stereocenters. The normalized spacial score (nSPS) is 15.6. The number of carbonyl (C=O) groups excluding carboxylic acids is 2. The molecule has 0 saturated carbocycles. The monoisotopic (exact) mass is 789 g/mol. The third-order valence-electron chi connectivity index (χ3n) is 10.8. The van der Waals surface area contributed by atoms with Gasteiger partial charge in [-0.15, -0.1) is 0 Å². The van der Waals surface area contributed by atoms with Gasteiger partial charge < -0.3 is 19.5 Å². The van der Waals surface area contributed by atoms with Gasteiger partial charge in [0.25, 0.3) is 5.91 Å². The lowest BCUT2D eigenvalue weighted by Gasteiger charge is -2.31. The zero-order valence-corrected chi connectivity index (χ0v) is 34.2. The number of carboxylic acids is 1. The topological polar surface area (TPSA) is 134 Å². The second-order valence-electron chi connectivity index (χ2n) is 16.2. The molecule has 2 N–H and O–H groups in total. The van der Waals surface area contributed by atoms with Gasteiger partial charge in [-0.25, -0.2) is 14.8 Å². The summed E-state index contributed by atoms with van der Waals surface area (Å²) in [5, 5.41) is 12.7. The van der Waals surface area contributed by atoms with Crippen molar-refractivity contribution in [3.63, 3.8) is 0 Å². The number of fused-ring (bicyclic) bond motifs is 2. The number of carbonyl (C=O) groups is 3. The zero-order chi connectivity index (χ0) is 40.3. The molecular weight excluding hydrogens is 739 g/mol. The van der Waals surface area contributed by atoms with Gasteiger partial charge >= 0.3 is 11.9 Å². The molecule has 298 valence electrons. The molecule has 5 aromatic rings.